The van der Waals surface area contributed by atoms with Crippen molar-refractivity contribution in [1.82, 2.24) is 0 Å². The van der Waals surface area contributed by atoms with Gasteiger partial charge in [0.25, 0.3) is 7.82 Å². The first-order valence-electron chi connectivity index (χ1n) is 23.5. The quantitative estimate of drug-likeness (QED) is 0.0218. The molecule has 1 aliphatic carbocycles. The number of carbonyl (C=O) groups is 3. The van der Waals surface area contributed by atoms with Crippen molar-refractivity contribution in [2.75, 3.05) is 47.5 Å². The van der Waals surface area contributed by atoms with Crippen LogP contribution in [0.3, 0.4) is 0 Å². The molecule has 1 aromatic rings. The Balaban J connectivity index is 1.78. The first-order chi connectivity index (χ1) is 29.5. The molecular formula is C48H82NO12P. The molecule has 0 spiro atoms. The highest BCUT2D eigenvalue weighted by molar-refractivity contribution is 7.45. The molecule has 1 aliphatic rings. The van der Waals surface area contributed by atoms with Crippen LogP contribution in [0.5, 0.6) is 0 Å². The van der Waals surface area contributed by atoms with Crippen LogP contribution in [0.4, 0.5) is 0 Å². The van der Waals surface area contributed by atoms with E-state index in [1.807, 2.05) is 33.3 Å². The number of ether oxygens (including phenoxy) is 2. The minimum Gasteiger partial charge on any atom is -0.756 e. The molecule has 13 nitrogen and oxygen atoms in total. The molecule has 14 heteroatoms. The van der Waals surface area contributed by atoms with E-state index in [2.05, 4.69) is 27.7 Å². The fourth-order valence-corrected chi connectivity index (χ4v) is 8.19. The van der Waals surface area contributed by atoms with Gasteiger partial charge in [-0.25, -0.2) is 0 Å². The van der Waals surface area contributed by atoms with Crippen LogP contribution >= 0.6 is 7.82 Å². The molecule has 0 aliphatic heterocycles. The number of esters is 2. The molecule has 6 atom stereocenters. The summed E-state index contributed by atoms with van der Waals surface area (Å²) in [7, 11) is 0.988. The van der Waals surface area contributed by atoms with Crippen LogP contribution in [0.25, 0.3) is 0 Å². The van der Waals surface area contributed by atoms with E-state index in [9.17, 15) is 34.1 Å². The molecule has 0 saturated heterocycles. The molecule has 0 radical (unpaired) electrons. The van der Waals surface area contributed by atoms with E-state index in [1.54, 1.807) is 12.2 Å². The summed E-state index contributed by atoms with van der Waals surface area (Å²) in [5.74, 6) is 0.435. The number of phosphoric ester groups is 1. The van der Waals surface area contributed by atoms with E-state index < -0.39 is 44.7 Å². The maximum Gasteiger partial charge on any atom is 0.306 e. The lowest BCUT2D eigenvalue weighted by atomic mass is 9.90. The number of phosphoric acid groups is 1. The van der Waals surface area contributed by atoms with Crippen molar-refractivity contribution in [3.05, 3.63) is 47.0 Å². The van der Waals surface area contributed by atoms with Gasteiger partial charge in [0.1, 0.15) is 37.1 Å². The van der Waals surface area contributed by atoms with Crippen LogP contribution in [0.1, 0.15) is 158 Å². The second kappa shape index (κ2) is 30.5. The Morgan fingerprint density at radius 1 is 0.855 bits per heavy atom. The average Bonchev–Trinajstić information content (AvgIpc) is 3.63. The lowest BCUT2D eigenvalue weighted by Gasteiger charge is -2.28. The van der Waals surface area contributed by atoms with Gasteiger partial charge in [-0.2, -0.15) is 0 Å². The van der Waals surface area contributed by atoms with E-state index >= 15 is 0 Å². The normalized spacial score (nSPS) is 19.1. The highest BCUT2D eigenvalue weighted by Gasteiger charge is 2.39. The van der Waals surface area contributed by atoms with Gasteiger partial charge in [-0.3, -0.25) is 18.9 Å². The van der Waals surface area contributed by atoms with Gasteiger partial charge in [0, 0.05) is 43.9 Å². The topological polar surface area (TPSA) is 182 Å². The van der Waals surface area contributed by atoms with Crippen LogP contribution in [0.2, 0.25) is 0 Å². The summed E-state index contributed by atoms with van der Waals surface area (Å²) >= 11 is 0. The number of hydrogen-bond acceptors (Lipinski definition) is 12. The highest BCUT2D eigenvalue weighted by Crippen LogP contribution is 2.38. The lowest BCUT2D eigenvalue weighted by molar-refractivity contribution is -0.870. The summed E-state index contributed by atoms with van der Waals surface area (Å²) in [5, 5.41) is 20.7. The number of likely N-dealkylation sites (N-methyl/N-ethyl adjacent to an activating group) is 1. The summed E-state index contributed by atoms with van der Waals surface area (Å²) in [5.41, 5.74) is 2.56. The summed E-state index contributed by atoms with van der Waals surface area (Å²) in [6.45, 7) is 8.03. The lowest BCUT2D eigenvalue weighted by Crippen LogP contribution is -2.37. The van der Waals surface area contributed by atoms with E-state index in [-0.39, 0.29) is 50.1 Å². The standard InChI is InChI=1S/C48H82NO12P/c1-8-10-18-24-39(50)30-31-42-41(43(51)34-44(42)52)25-20-16-17-22-28-47(53)57-35-40(36-59-62(55,56)58-33-32-49(5,6)7)60-48(54)29-23-15-13-12-14-21-27-46-38(4)37(3)45(61-46)26-19-11-9-2/h16,20,30-31,39-42,44,50,52H,8-15,17-19,21-29,32-36H2,1-7H3/b20-16-,31-30+/t39-,40+,41+,42+,44+/m0/s1. The van der Waals surface area contributed by atoms with Crippen molar-refractivity contribution < 1.29 is 61.5 Å². The number of allylic oxidation sites excluding steroid dienone is 2. The Morgan fingerprint density at radius 2 is 1.47 bits per heavy atom. The zero-order valence-corrected chi connectivity index (χ0v) is 40.1. The Kier molecular flexibility index (Phi) is 27.3. The van der Waals surface area contributed by atoms with Crippen molar-refractivity contribution in [3.63, 3.8) is 0 Å². The maximum absolute atomic E-state index is 12.8. The third-order valence-electron chi connectivity index (χ3n) is 11.5. The predicted molar refractivity (Wildman–Crippen MR) is 240 cm³/mol. The number of nitrogens with zero attached hydrogens (tertiary/aromatic N) is 1. The molecule has 2 N–H and O–H groups in total. The number of quaternary nitrogens is 1. The van der Waals surface area contributed by atoms with Crippen molar-refractivity contribution in [3.8, 4) is 0 Å². The largest absolute Gasteiger partial charge is 0.756 e. The number of aryl methyl sites for hydroxylation is 2. The van der Waals surface area contributed by atoms with Crippen molar-refractivity contribution in [1.29, 1.82) is 0 Å². The van der Waals surface area contributed by atoms with Crippen LogP contribution < -0.4 is 4.89 Å². The third kappa shape index (κ3) is 23.9. The zero-order chi connectivity index (χ0) is 46.0. The smallest absolute Gasteiger partial charge is 0.306 e. The Hall–Kier alpha value is -2.64. The summed E-state index contributed by atoms with van der Waals surface area (Å²) in [6.07, 6.45) is 21.2. The molecule has 2 rings (SSSR count). The van der Waals surface area contributed by atoms with E-state index in [1.165, 1.54) is 24.0 Å². The summed E-state index contributed by atoms with van der Waals surface area (Å²) < 4.78 is 40.1. The van der Waals surface area contributed by atoms with Gasteiger partial charge in [-0.1, -0.05) is 95.9 Å². The molecule has 1 saturated carbocycles. The maximum atomic E-state index is 12.8. The first-order valence-corrected chi connectivity index (χ1v) is 25.0. The Bertz CT molecular complexity index is 1550. The van der Waals surface area contributed by atoms with Gasteiger partial charge < -0.3 is 42.5 Å². The van der Waals surface area contributed by atoms with Crippen molar-refractivity contribution >= 4 is 25.5 Å². The molecule has 356 valence electrons. The monoisotopic (exact) mass is 896 g/mol. The second-order valence-electron chi connectivity index (χ2n) is 18.1. The SMILES string of the molecule is CCCCCc1oc(CCCCCCCCC(=O)O[C@H](COC(=O)CCC/C=C\C[C@H]2C(=O)C[C@@H](O)[C@@H]2/C=C/[C@@H](O)CCCCC)COP(=O)([O-])OCC[N+](C)(C)C)c(C)c1C. The average molecular weight is 896 g/mol. The van der Waals surface area contributed by atoms with Crippen molar-refractivity contribution in [2.45, 2.75) is 181 Å². The molecule has 62 heavy (non-hydrogen) atoms. The van der Waals surface area contributed by atoms with Crippen LogP contribution in [-0.2, 0) is 50.3 Å². The third-order valence-corrected chi connectivity index (χ3v) is 12.5. The van der Waals surface area contributed by atoms with Crippen LogP contribution in [0.15, 0.2) is 28.7 Å². The van der Waals surface area contributed by atoms with Crippen LogP contribution in [-0.4, -0.2) is 98.2 Å². The highest BCUT2D eigenvalue weighted by atomic mass is 31.2. The van der Waals surface area contributed by atoms with Gasteiger partial charge in [0.05, 0.1) is 40.0 Å². The van der Waals surface area contributed by atoms with E-state index in [0.29, 0.717) is 43.1 Å². The number of Topliss-reactive ketones (excluding diaryl/α,β-unsaturated/α-hetero) is 1. The number of aliphatic hydroxyl groups excluding tert-OH is 2. The molecule has 0 bridgehead atoms. The van der Waals surface area contributed by atoms with Gasteiger partial charge >= 0.3 is 11.9 Å². The first kappa shape index (κ1) is 55.5. The second-order valence-corrected chi connectivity index (χ2v) is 19.5. The molecule has 0 amide bonds. The fourth-order valence-electron chi connectivity index (χ4n) is 7.46. The number of rotatable bonds is 35. The molecule has 1 unspecified atom stereocenters. The molecule has 1 aromatic heterocycles. The number of carbonyl (C=O) groups excluding carboxylic acids is 3. The Morgan fingerprint density at radius 3 is 2.13 bits per heavy atom. The zero-order valence-electron chi connectivity index (χ0n) is 39.2. The van der Waals surface area contributed by atoms with Gasteiger partial charge in [-0.05, 0) is 69.9 Å². The van der Waals surface area contributed by atoms with Crippen LogP contribution in [0, 0.1) is 25.7 Å². The van der Waals surface area contributed by atoms with Gasteiger partial charge in [0.2, 0.25) is 0 Å². The summed E-state index contributed by atoms with van der Waals surface area (Å²) in [4.78, 5) is 50.5. The van der Waals surface area contributed by atoms with E-state index in [4.69, 9.17) is 22.9 Å². The number of hydrogen-bond donors (Lipinski definition) is 2. The minimum atomic E-state index is -4.71. The number of furan rings is 1. The number of ketones is 1. The van der Waals surface area contributed by atoms with E-state index in [0.717, 1.165) is 82.1 Å². The minimum absolute atomic E-state index is 0.00626. The Labute approximate surface area is 373 Å². The molecule has 0 aromatic carbocycles. The number of aliphatic hydroxyl groups is 2. The predicted octanol–water partition coefficient (Wildman–Crippen LogP) is 8.75. The molecular weight excluding hydrogens is 813 g/mol. The van der Waals surface area contributed by atoms with Crippen molar-refractivity contribution in [2.24, 2.45) is 11.8 Å². The summed E-state index contributed by atoms with van der Waals surface area (Å²) in [6, 6.07) is 0. The van der Waals surface area contributed by atoms with Gasteiger partial charge in [0.15, 0.2) is 6.10 Å². The van der Waals surface area contributed by atoms with Gasteiger partial charge in [-0.15, -0.1) is 0 Å². The number of unbranched alkanes of at least 4 members (excludes halogenated alkanes) is 10. The fraction of sp³-hybridized carbons (Fsp3) is 0.771. The molecule has 1 heterocycles. The molecule has 1 fully saturated rings.